The fourth-order valence-electron chi connectivity index (χ4n) is 2.97. The Morgan fingerprint density at radius 1 is 1.09 bits per heavy atom. The lowest BCUT2D eigenvalue weighted by Crippen LogP contribution is -2.31. The summed E-state index contributed by atoms with van der Waals surface area (Å²) in [4.78, 5) is 12.5. The standard InChI is InChI=1S/C24H19ClN2O4S/c1-2-13-27(23-12-4-3-11-22(23)25)32(29,30)21-10-6-9-20(15-21)24(28)31-17-19-8-5-7-18(14-19)16-26/h2-12,14-15H,1,13,17H2. The number of carbonyl (C=O) groups excluding carboxylic acids is 1. The molecule has 3 aromatic carbocycles. The Balaban J connectivity index is 1.86. The first kappa shape index (κ1) is 23.1. The van der Waals surface area contributed by atoms with Crippen LogP contribution in [-0.2, 0) is 21.4 Å². The van der Waals surface area contributed by atoms with Crippen LogP contribution in [0.3, 0.4) is 0 Å². The average molecular weight is 467 g/mol. The molecule has 0 heterocycles. The van der Waals surface area contributed by atoms with Crippen molar-refractivity contribution in [3.8, 4) is 6.07 Å². The van der Waals surface area contributed by atoms with Gasteiger partial charge in [0.25, 0.3) is 10.0 Å². The van der Waals surface area contributed by atoms with Crippen molar-refractivity contribution in [2.75, 3.05) is 10.8 Å². The SMILES string of the molecule is C=CCN(c1ccccc1Cl)S(=O)(=O)c1cccc(C(=O)OCc2cccc(C#N)c2)c1. The van der Waals surface area contributed by atoms with Crippen molar-refractivity contribution in [2.45, 2.75) is 11.5 Å². The zero-order chi connectivity index (χ0) is 23.1. The van der Waals surface area contributed by atoms with Crippen molar-refractivity contribution in [3.05, 3.63) is 107 Å². The van der Waals surface area contributed by atoms with E-state index in [2.05, 4.69) is 6.58 Å². The van der Waals surface area contributed by atoms with E-state index in [0.717, 1.165) is 4.31 Å². The fraction of sp³-hybridized carbons (Fsp3) is 0.0833. The third kappa shape index (κ3) is 5.17. The fourth-order valence-corrected chi connectivity index (χ4v) is 4.76. The number of para-hydroxylation sites is 1. The summed E-state index contributed by atoms with van der Waals surface area (Å²) in [7, 11) is -4.04. The maximum Gasteiger partial charge on any atom is 0.338 e. The van der Waals surface area contributed by atoms with Gasteiger partial charge in [-0.15, -0.1) is 6.58 Å². The maximum atomic E-state index is 13.3. The molecule has 0 fully saturated rings. The lowest BCUT2D eigenvalue weighted by molar-refractivity contribution is 0.0472. The van der Waals surface area contributed by atoms with Crippen LogP contribution in [0.4, 0.5) is 5.69 Å². The minimum absolute atomic E-state index is 0.00399. The first-order valence-electron chi connectivity index (χ1n) is 9.51. The van der Waals surface area contributed by atoms with E-state index in [-0.39, 0.29) is 28.6 Å². The molecule has 3 rings (SSSR count). The molecule has 0 saturated carbocycles. The highest BCUT2D eigenvalue weighted by atomic mass is 35.5. The molecule has 3 aromatic rings. The second-order valence-electron chi connectivity index (χ2n) is 6.69. The number of carbonyl (C=O) groups is 1. The number of nitriles is 1. The summed E-state index contributed by atoms with van der Waals surface area (Å²) in [5.74, 6) is -0.683. The summed E-state index contributed by atoms with van der Waals surface area (Å²) >= 11 is 6.22. The smallest absolute Gasteiger partial charge is 0.338 e. The van der Waals surface area contributed by atoms with Crippen molar-refractivity contribution < 1.29 is 17.9 Å². The predicted molar refractivity (Wildman–Crippen MR) is 123 cm³/mol. The number of ether oxygens (including phenoxy) is 1. The minimum Gasteiger partial charge on any atom is -0.457 e. The number of rotatable bonds is 8. The summed E-state index contributed by atoms with van der Waals surface area (Å²) in [6, 6.07) is 20.9. The van der Waals surface area contributed by atoms with Crippen LogP contribution < -0.4 is 4.31 Å². The van der Waals surface area contributed by atoms with Gasteiger partial charge in [0.15, 0.2) is 0 Å². The lowest BCUT2D eigenvalue weighted by atomic mass is 10.1. The second-order valence-corrected chi connectivity index (χ2v) is 8.96. The van der Waals surface area contributed by atoms with E-state index in [1.165, 1.54) is 30.3 Å². The van der Waals surface area contributed by atoms with Gasteiger partial charge in [-0.2, -0.15) is 5.26 Å². The summed E-state index contributed by atoms with van der Waals surface area (Å²) in [6.07, 6.45) is 1.45. The van der Waals surface area contributed by atoms with Crippen LogP contribution in [-0.4, -0.2) is 20.9 Å². The normalized spacial score (nSPS) is 10.8. The Labute approximate surface area is 192 Å². The van der Waals surface area contributed by atoms with E-state index in [1.54, 1.807) is 48.5 Å². The predicted octanol–water partition coefficient (Wildman–Crippen LogP) is 4.95. The number of esters is 1. The van der Waals surface area contributed by atoms with Gasteiger partial charge in [0.2, 0.25) is 0 Å². The monoisotopic (exact) mass is 466 g/mol. The summed E-state index contributed by atoms with van der Waals surface area (Å²) in [6.45, 7) is 3.58. The molecule has 0 bridgehead atoms. The molecule has 0 N–H and O–H groups in total. The Bertz CT molecular complexity index is 1300. The Morgan fingerprint density at radius 2 is 1.84 bits per heavy atom. The zero-order valence-electron chi connectivity index (χ0n) is 16.9. The molecule has 0 aliphatic carbocycles. The van der Waals surface area contributed by atoms with Crippen LogP contribution in [0.5, 0.6) is 0 Å². The van der Waals surface area contributed by atoms with Crippen molar-refractivity contribution in [1.29, 1.82) is 5.26 Å². The Morgan fingerprint density at radius 3 is 2.56 bits per heavy atom. The molecule has 162 valence electrons. The zero-order valence-corrected chi connectivity index (χ0v) is 18.5. The van der Waals surface area contributed by atoms with Crippen LogP contribution in [0.15, 0.2) is 90.3 Å². The topological polar surface area (TPSA) is 87.5 Å². The number of sulfonamides is 1. The van der Waals surface area contributed by atoms with E-state index in [9.17, 15) is 13.2 Å². The van der Waals surface area contributed by atoms with E-state index in [4.69, 9.17) is 21.6 Å². The van der Waals surface area contributed by atoms with Crippen molar-refractivity contribution >= 4 is 33.3 Å². The Hall–Kier alpha value is -3.60. The third-order valence-electron chi connectivity index (χ3n) is 4.50. The van der Waals surface area contributed by atoms with E-state index in [1.807, 2.05) is 6.07 Å². The Kier molecular flexibility index (Phi) is 7.31. The quantitative estimate of drug-likeness (QED) is 0.346. The number of nitrogens with zero attached hydrogens (tertiary/aromatic N) is 2. The molecule has 0 aromatic heterocycles. The first-order chi connectivity index (χ1) is 15.4. The summed E-state index contributed by atoms with van der Waals surface area (Å²) < 4.78 is 33.1. The van der Waals surface area contributed by atoms with Crippen molar-refractivity contribution in [3.63, 3.8) is 0 Å². The molecule has 0 spiro atoms. The molecule has 0 radical (unpaired) electrons. The average Bonchev–Trinajstić information content (AvgIpc) is 2.81. The summed E-state index contributed by atoms with van der Waals surface area (Å²) in [5, 5.41) is 9.25. The number of anilines is 1. The van der Waals surface area contributed by atoms with Gasteiger partial charge in [-0.25, -0.2) is 13.2 Å². The molecule has 0 amide bonds. The van der Waals surface area contributed by atoms with Crippen LogP contribution in [0.2, 0.25) is 5.02 Å². The van der Waals surface area contributed by atoms with Crippen LogP contribution >= 0.6 is 11.6 Å². The van der Waals surface area contributed by atoms with E-state index < -0.39 is 16.0 Å². The van der Waals surface area contributed by atoms with Gasteiger partial charge >= 0.3 is 5.97 Å². The number of benzene rings is 3. The summed E-state index contributed by atoms with van der Waals surface area (Å²) in [5.41, 5.74) is 1.49. The van der Waals surface area contributed by atoms with Gasteiger partial charge < -0.3 is 4.74 Å². The minimum atomic E-state index is -4.04. The van der Waals surface area contributed by atoms with Crippen LogP contribution in [0.25, 0.3) is 0 Å². The van der Waals surface area contributed by atoms with Crippen molar-refractivity contribution in [2.24, 2.45) is 0 Å². The highest BCUT2D eigenvalue weighted by molar-refractivity contribution is 7.92. The van der Waals surface area contributed by atoms with E-state index in [0.29, 0.717) is 16.8 Å². The first-order valence-corrected chi connectivity index (χ1v) is 11.3. The molecule has 6 nitrogen and oxygen atoms in total. The van der Waals surface area contributed by atoms with Gasteiger partial charge in [-0.05, 0) is 48.0 Å². The molecule has 0 unspecified atom stereocenters. The largest absolute Gasteiger partial charge is 0.457 e. The van der Waals surface area contributed by atoms with Gasteiger partial charge in [0.05, 0.1) is 39.3 Å². The molecule has 0 saturated heterocycles. The third-order valence-corrected chi connectivity index (χ3v) is 6.60. The molecular formula is C24H19ClN2O4S. The van der Waals surface area contributed by atoms with Gasteiger partial charge in [-0.3, -0.25) is 4.31 Å². The van der Waals surface area contributed by atoms with E-state index >= 15 is 0 Å². The molecule has 8 heteroatoms. The second kappa shape index (κ2) is 10.1. The van der Waals surface area contributed by atoms with Crippen molar-refractivity contribution in [1.82, 2.24) is 0 Å². The van der Waals surface area contributed by atoms with Gasteiger partial charge in [0.1, 0.15) is 6.61 Å². The van der Waals surface area contributed by atoms with Crippen LogP contribution in [0, 0.1) is 11.3 Å². The molecule has 0 aliphatic rings. The number of hydrogen-bond donors (Lipinski definition) is 0. The molecule has 0 aliphatic heterocycles. The highest BCUT2D eigenvalue weighted by Gasteiger charge is 2.26. The molecule has 0 atom stereocenters. The van der Waals surface area contributed by atoms with Gasteiger partial charge in [0, 0.05) is 0 Å². The van der Waals surface area contributed by atoms with Crippen LogP contribution in [0.1, 0.15) is 21.5 Å². The maximum absolute atomic E-state index is 13.3. The molecule has 32 heavy (non-hydrogen) atoms. The highest BCUT2D eigenvalue weighted by Crippen LogP contribution is 2.30. The molecular weight excluding hydrogens is 448 g/mol. The lowest BCUT2D eigenvalue weighted by Gasteiger charge is -2.24. The number of hydrogen-bond acceptors (Lipinski definition) is 5. The number of halogens is 1. The van der Waals surface area contributed by atoms with Gasteiger partial charge in [-0.1, -0.05) is 48.0 Å².